The number of halogens is 3. The minimum Gasteiger partial charge on any atom is -0.363 e. The summed E-state index contributed by atoms with van der Waals surface area (Å²) in [5, 5.41) is 3.52. The van der Waals surface area contributed by atoms with Crippen LogP contribution in [0.2, 0.25) is 0 Å². The standard InChI is InChI=1S/C19H17F3N4O/c1-9(13-5-4-6-14(16(13)20)17(21)22)24-19-15-7-12(10(2)27)8-23-18(15)25-11(3)26-19/h4-9,17H,1-3H3,(H,23,24,25,26)/t9-/m1/s1. The summed E-state index contributed by atoms with van der Waals surface area (Å²) in [4.78, 5) is 24.3. The molecule has 0 amide bonds. The van der Waals surface area contributed by atoms with E-state index in [2.05, 4.69) is 20.3 Å². The van der Waals surface area contributed by atoms with Crippen LogP contribution < -0.4 is 5.32 Å². The molecule has 140 valence electrons. The average Bonchev–Trinajstić information content (AvgIpc) is 2.60. The first kappa shape index (κ1) is 18.8. The second kappa shape index (κ2) is 7.30. The van der Waals surface area contributed by atoms with Crippen molar-refractivity contribution in [1.82, 2.24) is 15.0 Å². The van der Waals surface area contributed by atoms with Crippen molar-refractivity contribution in [2.24, 2.45) is 0 Å². The van der Waals surface area contributed by atoms with Gasteiger partial charge >= 0.3 is 0 Å². The van der Waals surface area contributed by atoms with E-state index in [1.165, 1.54) is 25.3 Å². The van der Waals surface area contributed by atoms with E-state index >= 15 is 0 Å². The summed E-state index contributed by atoms with van der Waals surface area (Å²) in [5.74, 6) is -0.339. The number of pyridine rings is 1. The minimum atomic E-state index is -2.90. The van der Waals surface area contributed by atoms with Gasteiger partial charge in [0, 0.05) is 17.3 Å². The van der Waals surface area contributed by atoms with Crippen LogP contribution in [0.1, 0.15) is 53.6 Å². The zero-order valence-corrected chi connectivity index (χ0v) is 14.9. The lowest BCUT2D eigenvalue weighted by atomic mass is 10.0. The minimum absolute atomic E-state index is 0.0906. The maximum Gasteiger partial charge on any atom is 0.266 e. The Bertz CT molecular complexity index is 1020. The molecule has 0 fully saturated rings. The number of nitrogens with one attached hydrogen (secondary N) is 1. The van der Waals surface area contributed by atoms with Crippen molar-refractivity contribution < 1.29 is 18.0 Å². The first-order valence-electron chi connectivity index (χ1n) is 8.26. The van der Waals surface area contributed by atoms with Gasteiger partial charge in [0.15, 0.2) is 11.4 Å². The molecular formula is C19H17F3N4O. The summed E-state index contributed by atoms with van der Waals surface area (Å²) in [6, 6.07) is 4.84. The number of fused-ring (bicyclic) bond motifs is 1. The largest absolute Gasteiger partial charge is 0.363 e. The smallest absolute Gasteiger partial charge is 0.266 e. The maximum absolute atomic E-state index is 14.4. The van der Waals surface area contributed by atoms with Gasteiger partial charge in [-0.15, -0.1) is 0 Å². The van der Waals surface area contributed by atoms with Gasteiger partial charge in [-0.05, 0) is 26.8 Å². The van der Waals surface area contributed by atoms with E-state index in [1.807, 2.05) is 0 Å². The number of hydrogen-bond donors (Lipinski definition) is 1. The first-order valence-corrected chi connectivity index (χ1v) is 8.26. The zero-order valence-electron chi connectivity index (χ0n) is 14.9. The molecule has 0 spiro atoms. The van der Waals surface area contributed by atoms with E-state index in [0.717, 1.165) is 6.07 Å². The van der Waals surface area contributed by atoms with Gasteiger partial charge in [0.1, 0.15) is 17.5 Å². The summed E-state index contributed by atoms with van der Waals surface area (Å²) in [6.07, 6.45) is -1.47. The number of alkyl halides is 2. The van der Waals surface area contributed by atoms with Crippen LogP contribution in [0.15, 0.2) is 30.5 Å². The summed E-state index contributed by atoms with van der Waals surface area (Å²) < 4.78 is 40.3. The molecule has 8 heteroatoms. The lowest BCUT2D eigenvalue weighted by Crippen LogP contribution is -2.12. The Morgan fingerprint density at radius 3 is 2.56 bits per heavy atom. The molecule has 0 aliphatic carbocycles. The third kappa shape index (κ3) is 3.74. The van der Waals surface area contributed by atoms with Crippen molar-refractivity contribution in [2.75, 3.05) is 5.32 Å². The third-order valence-corrected chi connectivity index (χ3v) is 4.18. The summed E-state index contributed by atoms with van der Waals surface area (Å²) in [6.45, 7) is 4.73. The van der Waals surface area contributed by atoms with Gasteiger partial charge in [-0.2, -0.15) is 0 Å². The SMILES string of the molecule is CC(=O)c1cnc2nc(C)nc(N[C@H](C)c3cccc(C(F)F)c3F)c2c1. The molecule has 27 heavy (non-hydrogen) atoms. The van der Waals surface area contributed by atoms with Gasteiger partial charge in [-0.25, -0.2) is 28.1 Å². The van der Waals surface area contributed by atoms with Crippen LogP contribution in [0, 0.1) is 12.7 Å². The molecule has 0 saturated carbocycles. The second-order valence-electron chi connectivity index (χ2n) is 6.19. The molecule has 3 aromatic rings. The number of aromatic nitrogens is 3. The number of Topliss-reactive ketones (excluding diaryl/α,β-unsaturated/α-hetero) is 1. The molecule has 1 N–H and O–H groups in total. The molecule has 0 bridgehead atoms. The predicted octanol–water partition coefficient (Wildman–Crippen LogP) is 4.79. The fourth-order valence-corrected chi connectivity index (χ4v) is 2.78. The number of benzene rings is 1. The van der Waals surface area contributed by atoms with Crippen molar-refractivity contribution in [1.29, 1.82) is 0 Å². The maximum atomic E-state index is 14.4. The highest BCUT2D eigenvalue weighted by atomic mass is 19.3. The lowest BCUT2D eigenvalue weighted by molar-refractivity contribution is 0.101. The molecule has 0 aliphatic heterocycles. The third-order valence-electron chi connectivity index (χ3n) is 4.18. The molecule has 0 radical (unpaired) electrons. The fraction of sp³-hybridized carbons (Fsp3) is 0.263. The number of nitrogens with zero attached hydrogens (tertiary/aromatic N) is 3. The number of anilines is 1. The summed E-state index contributed by atoms with van der Waals surface area (Å²) in [5.41, 5.74) is 0.207. The molecule has 2 heterocycles. The van der Waals surface area contributed by atoms with Crippen LogP contribution in [0.5, 0.6) is 0 Å². The van der Waals surface area contributed by atoms with Crippen LogP contribution in [-0.4, -0.2) is 20.7 Å². The van der Waals surface area contributed by atoms with Crippen molar-refractivity contribution in [2.45, 2.75) is 33.2 Å². The van der Waals surface area contributed by atoms with Crippen molar-refractivity contribution in [3.8, 4) is 0 Å². The zero-order chi connectivity index (χ0) is 19.7. The molecule has 5 nitrogen and oxygen atoms in total. The number of carbonyl (C=O) groups excluding carboxylic acids is 1. The normalized spacial score (nSPS) is 12.4. The second-order valence-corrected chi connectivity index (χ2v) is 6.19. The molecule has 3 rings (SSSR count). The number of hydrogen-bond acceptors (Lipinski definition) is 5. The molecular weight excluding hydrogens is 357 g/mol. The van der Waals surface area contributed by atoms with E-state index in [1.54, 1.807) is 19.9 Å². The fourth-order valence-electron chi connectivity index (χ4n) is 2.78. The van der Waals surface area contributed by atoms with Crippen LogP contribution in [0.25, 0.3) is 11.0 Å². The van der Waals surface area contributed by atoms with Crippen molar-refractivity contribution in [3.05, 3.63) is 58.8 Å². The number of carbonyl (C=O) groups is 1. The van der Waals surface area contributed by atoms with Gasteiger partial charge in [-0.1, -0.05) is 18.2 Å². The van der Waals surface area contributed by atoms with E-state index in [0.29, 0.717) is 28.2 Å². The van der Waals surface area contributed by atoms with Crippen molar-refractivity contribution in [3.63, 3.8) is 0 Å². The molecule has 0 aliphatic rings. The van der Waals surface area contributed by atoms with Crippen LogP contribution in [-0.2, 0) is 0 Å². The van der Waals surface area contributed by atoms with E-state index in [-0.39, 0.29) is 11.3 Å². The Hall–Kier alpha value is -3.03. The highest BCUT2D eigenvalue weighted by Crippen LogP contribution is 2.30. The Morgan fingerprint density at radius 2 is 1.89 bits per heavy atom. The number of ketones is 1. The Kier molecular flexibility index (Phi) is 5.07. The Balaban J connectivity index is 2.04. The molecule has 1 aromatic carbocycles. The molecule has 0 unspecified atom stereocenters. The van der Waals surface area contributed by atoms with Crippen LogP contribution in [0.4, 0.5) is 19.0 Å². The quantitative estimate of drug-likeness (QED) is 0.651. The summed E-state index contributed by atoms with van der Waals surface area (Å²) >= 11 is 0. The van der Waals surface area contributed by atoms with Gasteiger partial charge in [0.25, 0.3) is 6.43 Å². The van der Waals surface area contributed by atoms with Crippen molar-refractivity contribution >= 4 is 22.6 Å². The van der Waals surface area contributed by atoms with Crippen LogP contribution in [0.3, 0.4) is 0 Å². The Labute approximate surface area is 153 Å². The molecule has 0 saturated heterocycles. The lowest BCUT2D eigenvalue weighted by Gasteiger charge is -2.18. The summed E-state index contributed by atoms with van der Waals surface area (Å²) in [7, 11) is 0. The molecule has 2 aromatic heterocycles. The van der Waals surface area contributed by atoms with Gasteiger partial charge in [0.05, 0.1) is 17.0 Å². The van der Waals surface area contributed by atoms with E-state index in [4.69, 9.17) is 0 Å². The highest BCUT2D eigenvalue weighted by molar-refractivity contribution is 5.98. The van der Waals surface area contributed by atoms with Gasteiger partial charge in [0.2, 0.25) is 0 Å². The van der Waals surface area contributed by atoms with E-state index < -0.39 is 23.8 Å². The van der Waals surface area contributed by atoms with Crippen LogP contribution >= 0.6 is 0 Å². The van der Waals surface area contributed by atoms with Gasteiger partial charge < -0.3 is 5.32 Å². The monoisotopic (exact) mass is 374 g/mol. The molecule has 1 atom stereocenters. The first-order chi connectivity index (χ1) is 12.8. The highest BCUT2D eigenvalue weighted by Gasteiger charge is 2.20. The number of rotatable bonds is 5. The number of aryl methyl sites for hydroxylation is 1. The average molecular weight is 374 g/mol. The Morgan fingerprint density at radius 1 is 1.19 bits per heavy atom. The van der Waals surface area contributed by atoms with E-state index in [9.17, 15) is 18.0 Å². The van der Waals surface area contributed by atoms with Gasteiger partial charge in [-0.3, -0.25) is 4.79 Å². The predicted molar refractivity (Wildman–Crippen MR) is 95.5 cm³/mol. The topological polar surface area (TPSA) is 67.8 Å².